The zero-order valence-corrected chi connectivity index (χ0v) is 11.8. The van der Waals surface area contributed by atoms with Gasteiger partial charge in [-0.2, -0.15) is 0 Å². The molecule has 6 heteroatoms. The van der Waals surface area contributed by atoms with Gasteiger partial charge in [0.1, 0.15) is 24.0 Å². The summed E-state index contributed by atoms with van der Waals surface area (Å²) in [4.78, 5) is 11.2. The quantitative estimate of drug-likeness (QED) is 0.801. The summed E-state index contributed by atoms with van der Waals surface area (Å²) in [5.74, 6) is -1.78. The second-order valence-corrected chi connectivity index (χ2v) is 4.58. The van der Waals surface area contributed by atoms with Crippen molar-refractivity contribution in [1.29, 1.82) is 0 Å². The predicted octanol–water partition coefficient (Wildman–Crippen LogP) is 3.98. The van der Waals surface area contributed by atoms with E-state index in [1.54, 1.807) is 0 Å². The number of carbonyl (C=O) groups excluding carboxylic acids is 1. The van der Waals surface area contributed by atoms with E-state index >= 15 is 0 Å². The molecule has 2 aromatic rings. The third-order valence-corrected chi connectivity index (χ3v) is 3.04. The second-order valence-electron chi connectivity index (χ2n) is 4.17. The molecule has 0 aliphatic heterocycles. The summed E-state index contributed by atoms with van der Waals surface area (Å²) in [5.41, 5.74) is 0.342. The van der Waals surface area contributed by atoms with E-state index in [1.165, 1.54) is 37.4 Å². The van der Waals surface area contributed by atoms with Crippen LogP contribution in [0.5, 0.6) is 5.75 Å². The summed E-state index contributed by atoms with van der Waals surface area (Å²) in [6.45, 7) is 0.0272. The van der Waals surface area contributed by atoms with Gasteiger partial charge in [0.15, 0.2) is 0 Å². The van der Waals surface area contributed by atoms with Crippen LogP contribution < -0.4 is 4.74 Å². The van der Waals surface area contributed by atoms with E-state index in [1.807, 2.05) is 0 Å². The molecule has 0 heterocycles. The van der Waals surface area contributed by atoms with Crippen molar-refractivity contribution in [3.63, 3.8) is 0 Å². The SMILES string of the molecule is COC(=O)c1ccc(COc2ccc(Cl)c(F)c2)cc1F. The summed E-state index contributed by atoms with van der Waals surface area (Å²) in [7, 11) is 1.17. The first-order valence-corrected chi connectivity index (χ1v) is 6.33. The molecule has 110 valence electrons. The van der Waals surface area contributed by atoms with E-state index in [0.29, 0.717) is 5.56 Å². The van der Waals surface area contributed by atoms with Gasteiger partial charge in [-0.25, -0.2) is 13.6 Å². The van der Waals surface area contributed by atoms with Crippen molar-refractivity contribution in [2.75, 3.05) is 7.11 Å². The zero-order chi connectivity index (χ0) is 15.4. The Morgan fingerprint density at radius 3 is 2.52 bits per heavy atom. The Morgan fingerprint density at radius 2 is 1.90 bits per heavy atom. The molecule has 2 aromatic carbocycles. The molecule has 0 bridgehead atoms. The van der Waals surface area contributed by atoms with Crippen molar-refractivity contribution in [2.45, 2.75) is 6.61 Å². The average Bonchev–Trinajstić information content (AvgIpc) is 2.48. The largest absolute Gasteiger partial charge is 0.489 e. The first-order valence-electron chi connectivity index (χ1n) is 5.96. The molecule has 0 atom stereocenters. The Kier molecular flexibility index (Phi) is 4.75. The van der Waals surface area contributed by atoms with Crippen molar-refractivity contribution < 1.29 is 23.0 Å². The van der Waals surface area contributed by atoms with Crippen LogP contribution in [0.25, 0.3) is 0 Å². The third kappa shape index (κ3) is 3.70. The van der Waals surface area contributed by atoms with Crippen molar-refractivity contribution >= 4 is 17.6 Å². The van der Waals surface area contributed by atoms with E-state index in [4.69, 9.17) is 16.3 Å². The summed E-state index contributed by atoms with van der Waals surface area (Å²) in [6.07, 6.45) is 0. The maximum atomic E-state index is 13.7. The van der Waals surface area contributed by atoms with Gasteiger partial charge in [0, 0.05) is 6.07 Å². The molecule has 0 aromatic heterocycles. The van der Waals surface area contributed by atoms with Gasteiger partial charge in [0.25, 0.3) is 0 Å². The highest BCUT2D eigenvalue weighted by molar-refractivity contribution is 6.30. The Bertz CT molecular complexity index is 674. The number of benzene rings is 2. The molecule has 0 radical (unpaired) electrons. The molecule has 0 saturated carbocycles. The minimum atomic E-state index is -0.750. The first-order chi connectivity index (χ1) is 10.0. The topological polar surface area (TPSA) is 35.5 Å². The zero-order valence-electron chi connectivity index (χ0n) is 11.0. The molecule has 0 unspecified atom stereocenters. The molecule has 3 nitrogen and oxygen atoms in total. The highest BCUT2D eigenvalue weighted by Crippen LogP contribution is 2.21. The number of ether oxygens (including phenoxy) is 2. The number of hydrogen-bond acceptors (Lipinski definition) is 3. The maximum absolute atomic E-state index is 13.7. The number of halogens is 3. The molecule has 0 N–H and O–H groups in total. The lowest BCUT2D eigenvalue weighted by Crippen LogP contribution is -2.05. The van der Waals surface area contributed by atoms with Crippen molar-refractivity contribution in [3.05, 3.63) is 64.2 Å². The molecule has 0 aliphatic rings. The lowest BCUT2D eigenvalue weighted by atomic mass is 10.1. The molecule has 0 spiro atoms. The van der Waals surface area contributed by atoms with Crippen molar-refractivity contribution in [1.82, 2.24) is 0 Å². The summed E-state index contributed by atoms with van der Waals surface area (Å²) in [6, 6.07) is 8.02. The summed E-state index contributed by atoms with van der Waals surface area (Å²) in [5, 5.41) is -0.00387. The second kappa shape index (κ2) is 6.54. The van der Waals surface area contributed by atoms with Crippen LogP contribution in [-0.2, 0) is 11.3 Å². The van der Waals surface area contributed by atoms with Crippen LogP contribution in [0.1, 0.15) is 15.9 Å². The minimum Gasteiger partial charge on any atom is -0.489 e. The van der Waals surface area contributed by atoms with Gasteiger partial charge < -0.3 is 9.47 Å². The average molecular weight is 313 g/mol. The molecule has 0 fully saturated rings. The van der Waals surface area contributed by atoms with Crippen LogP contribution in [0, 0.1) is 11.6 Å². The number of carbonyl (C=O) groups is 1. The molecule has 21 heavy (non-hydrogen) atoms. The highest BCUT2D eigenvalue weighted by Gasteiger charge is 2.12. The minimum absolute atomic E-state index is 0.00387. The number of esters is 1. The van der Waals surface area contributed by atoms with Crippen LogP contribution in [0.2, 0.25) is 5.02 Å². The van der Waals surface area contributed by atoms with Gasteiger partial charge in [-0.05, 0) is 29.8 Å². The molecule has 0 saturated heterocycles. The Labute approximate surface area is 125 Å². The standard InChI is InChI=1S/C15H11ClF2O3/c1-20-15(19)11-4-2-9(6-13(11)17)8-21-10-3-5-12(16)14(18)7-10/h2-7H,8H2,1H3. The number of hydrogen-bond donors (Lipinski definition) is 0. The fourth-order valence-corrected chi connectivity index (χ4v) is 1.77. The normalized spacial score (nSPS) is 10.3. The third-order valence-electron chi connectivity index (χ3n) is 2.74. The molecule has 0 aliphatic carbocycles. The van der Waals surface area contributed by atoms with Gasteiger partial charge in [-0.1, -0.05) is 17.7 Å². The predicted molar refractivity (Wildman–Crippen MR) is 73.5 cm³/mol. The van der Waals surface area contributed by atoms with Gasteiger partial charge in [0.2, 0.25) is 0 Å². The fourth-order valence-electron chi connectivity index (χ4n) is 1.66. The van der Waals surface area contributed by atoms with Gasteiger partial charge >= 0.3 is 5.97 Å². The number of rotatable bonds is 4. The Hall–Kier alpha value is -2.14. The lowest BCUT2D eigenvalue weighted by molar-refractivity contribution is 0.0595. The van der Waals surface area contributed by atoms with Crippen LogP contribution in [0.4, 0.5) is 8.78 Å². The van der Waals surface area contributed by atoms with E-state index in [2.05, 4.69) is 4.74 Å². The van der Waals surface area contributed by atoms with E-state index < -0.39 is 17.6 Å². The van der Waals surface area contributed by atoms with Gasteiger partial charge in [0.05, 0.1) is 17.7 Å². The fraction of sp³-hybridized carbons (Fsp3) is 0.133. The Morgan fingerprint density at radius 1 is 1.14 bits per heavy atom. The first kappa shape index (κ1) is 15.3. The lowest BCUT2D eigenvalue weighted by Gasteiger charge is -2.08. The van der Waals surface area contributed by atoms with E-state index in [9.17, 15) is 13.6 Å². The molecule has 2 rings (SSSR count). The van der Waals surface area contributed by atoms with Crippen molar-refractivity contribution in [2.24, 2.45) is 0 Å². The molecule has 0 amide bonds. The van der Waals surface area contributed by atoms with Crippen LogP contribution >= 0.6 is 11.6 Å². The van der Waals surface area contributed by atoms with E-state index in [-0.39, 0.29) is 22.9 Å². The monoisotopic (exact) mass is 312 g/mol. The van der Waals surface area contributed by atoms with E-state index in [0.717, 1.165) is 6.07 Å². The van der Waals surface area contributed by atoms with Gasteiger partial charge in [-0.15, -0.1) is 0 Å². The van der Waals surface area contributed by atoms with Gasteiger partial charge in [-0.3, -0.25) is 0 Å². The smallest absolute Gasteiger partial charge is 0.340 e. The van der Waals surface area contributed by atoms with Crippen LogP contribution in [-0.4, -0.2) is 13.1 Å². The number of methoxy groups -OCH3 is 1. The van der Waals surface area contributed by atoms with Crippen LogP contribution in [0.15, 0.2) is 36.4 Å². The maximum Gasteiger partial charge on any atom is 0.340 e. The molecular weight excluding hydrogens is 302 g/mol. The highest BCUT2D eigenvalue weighted by atomic mass is 35.5. The molecular formula is C15H11ClF2O3. The van der Waals surface area contributed by atoms with Crippen molar-refractivity contribution in [3.8, 4) is 5.75 Å². The summed E-state index contributed by atoms with van der Waals surface area (Å²) < 4.78 is 36.7. The summed E-state index contributed by atoms with van der Waals surface area (Å²) >= 11 is 5.56. The van der Waals surface area contributed by atoms with Crippen LogP contribution in [0.3, 0.4) is 0 Å². The Balaban J connectivity index is 2.08.